The highest BCUT2D eigenvalue weighted by molar-refractivity contribution is 7.59. The highest BCUT2D eigenvalue weighted by Crippen LogP contribution is 2.72. The van der Waals surface area contributed by atoms with Crippen molar-refractivity contribution >= 4 is 72.1 Å². The SMILES string of the molecule is CN(C)P(=NN)(N(C)C)N(C(c1cccc2ccccc12)(c1cccc2ccccc12)c1cccc2ccccc12)C(c1cccc2ccccc12)(c1cccc2ccccc12)c1cccc2ccccc12. The Hall–Kier alpha value is -7.73. The van der Waals surface area contributed by atoms with E-state index in [2.05, 4.69) is 297 Å². The normalized spacial score (nSPS) is 12.6. The lowest BCUT2D eigenvalue weighted by Crippen LogP contribution is -2.61. The Labute approximate surface area is 422 Å². The van der Waals surface area contributed by atoms with E-state index < -0.39 is 18.6 Å². The van der Waals surface area contributed by atoms with E-state index in [0.717, 1.165) is 98.0 Å². The standard InChI is InChI=1S/C66H56N5P/c1-69(2)72(68-67,70(3)4)71(65(59-41-17-29-47-23-5-11-35-53(47)59,60-42-18-30-48-24-6-12-36-54(48)60)61-43-19-31-49-25-7-13-37-55(49)61)66(62-44-20-32-50-26-8-14-38-56(50)62,63-45-21-33-51-27-9-15-39-57(51)63)64-46-22-34-52-28-10-16-40-58(52)64/h5-46H,67H2,1-4H3. The minimum absolute atomic E-state index is 1.11. The number of nitrogens with two attached hydrogens (primary N) is 1. The Bertz CT molecular complexity index is 3410. The summed E-state index contributed by atoms with van der Waals surface area (Å²) in [5.74, 6) is 7.60. The molecule has 0 spiro atoms. The quantitative estimate of drug-likeness (QED) is 0.0607. The maximum absolute atomic E-state index is 7.60. The van der Waals surface area contributed by atoms with Gasteiger partial charge >= 0.3 is 0 Å². The predicted octanol–water partition coefficient (Wildman–Crippen LogP) is 16.1. The molecule has 72 heavy (non-hydrogen) atoms. The van der Waals surface area contributed by atoms with Gasteiger partial charge in [-0.2, -0.15) is 4.85 Å². The monoisotopic (exact) mass is 949 g/mol. The van der Waals surface area contributed by atoms with Crippen molar-refractivity contribution in [2.75, 3.05) is 28.2 Å². The van der Waals surface area contributed by atoms with Gasteiger partial charge in [0.1, 0.15) is 11.1 Å². The average molecular weight is 950 g/mol. The summed E-state index contributed by atoms with van der Waals surface area (Å²) in [6.45, 7) is 0. The molecule has 0 amide bonds. The van der Waals surface area contributed by atoms with Crippen LogP contribution in [0.4, 0.5) is 0 Å². The van der Waals surface area contributed by atoms with E-state index in [9.17, 15) is 0 Å². The van der Waals surface area contributed by atoms with Crippen LogP contribution in [0.5, 0.6) is 0 Å². The molecule has 0 aliphatic rings. The maximum Gasteiger partial charge on any atom is 0.186 e. The zero-order valence-corrected chi connectivity index (χ0v) is 42.0. The largest absolute Gasteiger partial charge is 0.251 e. The molecule has 12 rings (SSSR count). The summed E-state index contributed by atoms with van der Waals surface area (Å²) >= 11 is 0. The number of fused-ring (bicyclic) bond motifs is 6. The van der Waals surface area contributed by atoms with E-state index in [1.807, 2.05) is 0 Å². The second-order valence-electron chi connectivity index (χ2n) is 19.2. The first-order chi connectivity index (χ1) is 35.3. The van der Waals surface area contributed by atoms with Crippen LogP contribution in [0.3, 0.4) is 0 Å². The molecule has 0 atom stereocenters. The molecule has 12 aromatic carbocycles. The summed E-state index contributed by atoms with van der Waals surface area (Å²) in [6, 6.07) is 94.8. The molecule has 6 heteroatoms. The van der Waals surface area contributed by atoms with Gasteiger partial charge < -0.3 is 0 Å². The van der Waals surface area contributed by atoms with E-state index in [-0.39, 0.29) is 0 Å². The molecule has 0 aromatic heterocycles. The molecule has 0 saturated heterocycles. The van der Waals surface area contributed by atoms with Crippen LogP contribution < -0.4 is 5.84 Å². The molecule has 0 saturated carbocycles. The number of benzene rings is 12. The predicted molar refractivity (Wildman–Crippen MR) is 306 cm³/mol. The molecule has 0 heterocycles. The first-order valence-electron chi connectivity index (χ1n) is 24.7. The Morgan fingerprint density at radius 2 is 0.458 bits per heavy atom. The number of rotatable bonds is 11. The van der Waals surface area contributed by atoms with Gasteiger partial charge in [-0.3, -0.25) is 9.34 Å². The van der Waals surface area contributed by atoms with Crippen LogP contribution in [0, 0.1) is 0 Å². The second kappa shape index (κ2) is 18.1. The first kappa shape index (κ1) is 45.4. The zero-order valence-electron chi connectivity index (χ0n) is 41.1. The smallest absolute Gasteiger partial charge is 0.186 e. The number of hydrogen-bond donors (Lipinski definition) is 1. The highest BCUT2D eigenvalue weighted by atomic mass is 31.2. The van der Waals surface area contributed by atoms with Crippen molar-refractivity contribution in [3.05, 3.63) is 288 Å². The van der Waals surface area contributed by atoms with E-state index in [1.165, 1.54) is 0 Å². The molecule has 0 radical (unpaired) electrons. The van der Waals surface area contributed by atoms with Crippen molar-refractivity contribution < 1.29 is 0 Å². The van der Waals surface area contributed by atoms with Gasteiger partial charge in [-0.1, -0.05) is 255 Å². The zero-order chi connectivity index (χ0) is 49.0. The molecule has 0 aliphatic heterocycles. The molecule has 2 N–H and O–H groups in total. The third-order valence-electron chi connectivity index (χ3n) is 15.2. The van der Waals surface area contributed by atoms with Gasteiger partial charge in [0.2, 0.25) is 0 Å². The number of hydrogen-bond acceptors (Lipinski definition) is 1. The first-order valence-corrected chi connectivity index (χ1v) is 26.3. The van der Waals surface area contributed by atoms with Crippen molar-refractivity contribution in [2.45, 2.75) is 11.1 Å². The Morgan fingerprint density at radius 1 is 0.278 bits per heavy atom. The molecule has 0 bridgehead atoms. The van der Waals surface area contributed by atoms with Gasteiger partial charge in [-0.05, 0) is 126 Å². The van der Waals surface area contributed by atoms with E-state index in [4.69, 9.17) is 10.7 Å². The lowest BCUT2D eigenvalue weighted by molar-refractivity contribution is 0.167. The minimum Gasteiger partial charge on any atom is -0.251 e. The molecule has 5 nitrogen and oxygen atoms in total. The van der Waals surface area contributed by atoms with Crippen LogP contribution in [-0.4, -0.2) is 42.2 Å². The van der Waals surface area contributed by atoms with Gasteiger partial charge in [0.25, 0.3) is 0 Å². The van der Waals surface area contributed by atoms with Gasteiger partial charge in [-0.25, -0.2) is 10.5 Å². The van der Waals surface area contributed by atoms with Gasteiger partial charge in [-0.15, -0.1) is 0 Å². The second-order valence-corrected chi connectivity index (χ2v) is 22.5. The van der Waals surface area contributed by atoms with Crippen molar-refractivity contribution in [1.29, 1.82) is 0 Å². The minimum atomic E-state index is -3.53. The molecule has 350 valence electrons. The molecule has 0 unspecified atom stereocenters. The molecule has 0 aliphatic carbocycles. The van der Waals surface area contributed by atoms with E-state index in [1.54, 1.807) is 0 Å². The summed E-state index contributed by atoms with van der Waals surface area (Å²) in [5.41, 5.74) is 4.11. The van der Waals surface area contributed by atoms with Crippen LogP contribution in [0.2, 0.25) is 0 Å². The van der Waals surface area contributed by atoms with Crippen LogP contribution in [0.15, 0.2) is 260 Å². The van der Waals surface area contributed by atoms with Crippen molar-refractivity contribution in [1.82, 2.24) is 14.0 Å². The molecule has 0 fully saturated rings. The fraction of sp³-hybridized carbons (Fsp3) is 0.0909. The summed E-state index contributed by atoms with van der Waals surface area (Å²) in [6.07, 6.45) is 0. The molecular weight excluding hydrogens is 894 g/mol. The lowest BCUT2D eigenvalue weighted by atomic mass is 9.66. The maximum atomic E-state index is 7.60. The van der Waals surface area contributed by atoms with Crippen LogP contribution >= 0.6 is 7.51 Å². The van der Waals surface area contributed by atoms with Gasteiger partial charge in [0, 0.05) is 0 Å². The van der Waals surface area contributed by atoms with Gasteiger partial charge in [0.05, 0.1) is 0 Å². The average Bonchev–Trinajstić information content (AvgIpc) is 3.45. The van der Waals surface area contributed by atoms with Crippen LogP contribution in [-0.2, 0) is 11.1 Å². The van der Waals surface area contributed by atoms with Crippen LogP contribution in [0.1, 0.15) is 33.4 Å². The highest BCUT2D eigenvalue weighted by Gasteiger charge is 2.63. The summed E-state index contributed by atoms with van der Waals surface area (Å²) in [7, 11) is 5.18. The third-order valence-corrected chi connectivity index (χ3v) is 18.8. The van der Waals surface area contributed by atoms with Gasteiger partial charge in [0.15, 0.2) is 7.51 Å². The summed E-state index contributed by atoms with van der Waals surface area (Å²) in [5, 5.41) is 13.6. The Kier molecular flexibility index (Phi) is 11.4. The molecule has 12 aromatic rings. The van der Waals surface area contributed by atoms with Crippen molar-refractivity contribution in [2.24, 2.45) is 10.7 Å². The number of nitrogens with zero attached hydrogens (tertiary/aromatic N) is 4. The summed E-state index contributed by atoms with van der Waals surface area (Å²) < 4.78 is 7.53. The third kappa shape index (κ3) is 6.67. The van der Waals surface area contributed by atoms with E-state index in [0.29, 0.717) is 0 Å². The summed E-state index contributed by atoms with van der Waals surface area (Å²) in [4.78, 5) is 5.57. The van der Waals surface area contributed by atoms with Crippen molar-refractivity contribution in [3.8, 4) is 0 Å². The topological polar surface area (TPSA) is 48.1 Å². The van der Waals surface area contributed by atoms with Crippen molar-refractivity contribution in [3.63, 3.8) is 0 Å². The fourth-order valence-electron chi connectivity index (χ4n) is 12.4. The Balaban J connectivity index is 1.52. The fourth-order valence-corrected chi connectivity index (χ4v) is 15.8. The molecular formula is C66H56N5P. The van der Waals surface area contributed by atoms with Crippen LogP contribution in [0.25, 0.3) is 64.6 Å². The van der Waals surface area contributed by atoms with E-state index >= 15 is 0 Å². The Morgan fingerprint density at radius 3 is 0.639 bits per heavy atom. The lowest BCUT2D eigenvalue weighted by Gasteiger charge is -2.62.